The maximum Gasteiger partial charge on any atom is 0.0351 e. The van der Waals surface area contributed by atoms with Gasteiger partial charge in [-0.05, 0) is 46.2 Å². The fourth-order valence-corrected chi connectivity index (χ4v) is 2.81. The van der Waals surface area contributed by atoms with Crippen molar-refractivity contribution in [3.8, 4) is 0 Å². The van der Waals surface area contributed by atoms with Crippen molar-refractivity contribution in [2.24, 2.45) is 0 Å². The highest BCUT2D eigenvalue weighted by Crippen LogP contribution is 2.29. The Balaban J connectivity index is 2.54. The van der Waals surface area contributed by atoms with Crippen LogP contribution in [0.2, 0.25) is 0 Å². The largest absolute Gasteiger partial charge is 0.144 e. The molecule has 0 nitrogen and oxygen atoms in total. The molecule has 0 spiro atoms. The topological polar surface area (TPSA) is 0 Å². The summed E-state index contributed by atoms with van der Waals surface area (Å²) in [6.07, 6.45) is 0. The zero-order chi connectivity index (χ0) is 9.54. The average Bonchev–Trinajstić information content (AvgIpc) is 2.57. The van der Waals surface area contributed by atoms with Gasteiger partial charge in [0, 0.05) is 4.70 Å². The Bertz CT molecular complexity index is 605. The van der Waals surface area contributed by atoms with Gasteiger partial charge in [0.2, 0.25) is 0 Å². The van der Waals surface area contributed by atoms with E-state index in [0.29, 0.717) is 0 Å². The maximum absolute atomic E-state index is 2.29. The molecule has 1 heterocycles. The normalized spacial score (nSPS) is 11.2. The summed E-state index contributed by atoms with van der Waals surface area (Å²) in [6.45, 7) is 2.17. The molecule has 0 radical (unpaired) electrons. The van der Waals surface area contributed by atoms with Crippen molar-refractivity contribution < 1.29 is 0 Å². The molecule has 0 atom stereocenters. The third kappa shape index (κ3) is 1.06. The van der Waals surface area contributed by atoms with Crippen LogP contribution in [-0.2, 0) is 0 Å². The van der Waals surface area contributed by atoms with Gasteiger partial charge in [-0.1, -0.05) is 24.3 Å². The van der Waals surface area contributed by atoms with E-state index in [1.165, 1.54) is 26.4 Å². The highest BCUT2D eigenvalue weighted by Gasteiger charge is 2.01. The van der Waals surface area contributed by atoms with Crippen molar-refractivity contribution in [1.29, 1.82) is 0 Å². The maximum atomic E-state index is 2.29. The molecule has 0 aliphatic heterocycles. The molecular weight excluding hydrogens is 188 g/mol. The summed E-state index contributed by atoms with van der Waals surface area (Å²) in [4.78, 5) is 0. The molecule has 0 unspecified atom stereocenters. The highest BCUT2D eigenvalue weighted by atomic mass is 32.1. The Morgan fingerprint density at radius 1 is 1.00 bits per heavy atom. The van der Waals surface area contributed by atoms with Crippen molar-refractivity contribution in [2.75, 3.05) is 0 Å². The second-order valence-electron chi connectivity index (χ2n) is 3.61. The molecule has 14 heavy (non-hydrogen) atoms. The van der Waals surface area contributed by atoms with E-state index in [0.717, 1.165) is 0 Å². The SMILES string of the molecule is Cc1csc2cc3ccccc3cc12. The molecule has 1 heteroatoms. The van der Waals surface area contributed by atoms with Gasteiger partial charge in [0.05, 0.1) is 0 Å². The van der Waals surface area contributed by atoms with E-state index in [-0.39, 0.29) is 0 Å². The molecule has 1 aromatic heterocycles. The summed E-state index contributed by atoms with van der Waals surface area (Å²) in [5.74, 6) is 0. The minimum Gasteiger partial charge on any atom is -0.144 e. The van der Waals surface area contributed by atoms with Crippen LogP contribution in [0.5, 0.6) is 0 Å². The quantitative estimate of drug-likeness (QED) is 0.503. The molecule has 3 aromatic rings. The van der Waals surface area contributed by atoms with E-state index in [1.807, 2.05) is 11.3 Å². The van der Waals surface area contributed by atoms with Gasteiger partial charge in [-0.15, -0.1) is 11.3 Å². The zero-order valence-corrected chi connectivity index (χ0v) is 8.77. The molecular formula is C13H10S. The predicted octanol–water partition coefficient (Wildman–Crippen LogP) is 4.36. The number of hydrogen-bond donors (Lipinski definition) is 0. The van der Waals surface area contributed by atoms with Crippen LogP contribution in [0.25, 0.3) is 20.9 Å². The summed E-state index contributed by atoms with van der Waals surface area (Å²) in [6, 6.07) is 13.1. The fraction of sp³-hybridized carbons (Fsp3) is 0.0769. The van der Waals surface area contributed by atoms with Crippen LogP contribution in [0.3, 0.4) is 0 Å². The molecule has 0 saturated heterocycles. The Hall–Kier alpha value is -1.34. The molecule has 68 valence electrons. The van der Waals surface area contributed by atoms with Gasteiger partial charge < -0.3 is 0 Å². The van der Waals surface area contributed by atoms with Crippen LogP contribution in [-0.4, -0.2) is 0 Å². The van der Waals surface area contributed by atoms with E-state index in [1.54, 1.807) is 0 Å². The Morgan fingerprint density at radius 3 is 2.50 bits per heavy atom. The van der Waals surface area contributed by atoms with Gasteiger partial charge in [-0.25, -0.2) is 0 Å². The Labute approximate surface area is 86.8 Å². The molecule has 0 N–H and O–H groups in total. The smallest absolute Gasteiger partial charge is 0.0351 e. The monoisotopic (exact) mass is 198 g/mol. The number of benzene rings is 2. The number of fused-ring (bicyclic) bond motifs is 2. The lowest BCUT2D eigenvalue weighted by atomic mass is 10.1. The first-order chi connectivity index (χ1) is 6.84. The first-order valence-corrected chi connectivity index (χ1v) is 5.59. The van der Waals surface area contributed by atoms with Crippen molar-refractivity contribution in [1.82, 2.24) is 0 Å². The molecule has 0 aliphatic carbocycles. The van der Waals surface area contributed by atoms with Gasteiger partial charge >= 0.3 is 0 Å². The van der Waals surface area contributed by atoms with Gasteiger partial charge in [-0.3, -0.25) is 0 Å². The van der Waals surface area contributed by atoms with E-state index in [9.17, 15) is 0 Å². The standard InChI is InChI=1S/C13H10S/c1-9-8-14-13-7-11-5-3-2-4-10(11)6-12(9)13/h2-8H,1H3. The van der Waals surface area contributed by atoms with Crippen molar-refractivity contribution >= 4 is 32.2 Å². The van der Waals surface area contributed by atoms with Crippen LogP contribution in [0.1, 0.15) is 5.56 Å². The fourth-order valence-electron chi connectivity index (χ4n) is 1.84. The molecule has 0 amide bonds. The summed E-state index contributed by atoms with van der Waals surface area (Å²) < 4.78 is 1.39. The second kappa shape index (κ2) is 2.82. The van der Waals surface area contributed by atoms with Crippen LogP contribution in [0.4, 0.5) is 0 Å². The van der Waals surface area contributed by atoms with Gasteiger partial charge in [0.25, 0.3) is 0 Å². The minimum atomic E-state index is 1.33. The lowest BCUT2D eigenvalue weighted by molar-refractivity contribution is 1.60. The minimum absolute atomic E-state index is 1.33. The van der Waals surface area contributed by atoms with E-state index >= 15 is 0 Å². The highest BCUT2D eigenvalue weighted by molar-refractivity contribution is 7.17. The zero-order valence-electron chi connectivity index (χ0n) is 7.95. The van der Waals surface area contributed by atoms with Crippen molar-refractivity contribution in [2.45, 2.75) is 6.92 Å². The summed E-state index contributed by atoms with van der Waals surface area (Å²) in [5, 5.41) is 6.29. The van der Waals surface area contributed by atoms with Gasteiger partial charge in [0.1, 0.15) is 0 Å². The molecule has 3 rings (SSSR count). The Morgan fingerprint density at radius 2 is 1.71 bits per heavy atom. The first kappa shape index (κ1) is 8.01. The van der Waals surface area contributed by atoms with Crippen LogP contribution in [0, 0.1) is 6.92 Å². The summed E-state index contributed by atoms with van der Waals surface area (Å²) in [5.41, 5.74) is 1.38. The molecule has 0 aliphatic rings. The lowest BCUT2D eigenvalue weighted by Gasteiger charge is -1.98. The molecule has 2 aromatic carbocycles. The van der Waals surface area contributed by atoms with Gasteiger partial charge in [0.15, 0.2) is 0 Å². The van der Waals surface area contributed by atoms with Crippen molar-refractivity contribution in [3.05, 3.63) is 47.3 Å². The van der Waals surface area contributed by atoms with E-state index in [2.05, 4.69) is 48.7 Å². The molecule has 0 fully saturated rings. The van der Waals surface area contributed by atoms with Crippen LogP contribution < -0.4 is 0 Å². The third-order valence-corrected chi connectivity index (χ3v) is 3.70. The van der Waals surface area contributed by atoms with Crippen LogP contribution >= 0.6 is 11.3 Å². The predicted molar refractivity (Wildman–Crippen MR) is 64.1 cm³/mol. The molecule has 0 saturated carbocycles. The summed E-state index contributed by atoms with van der Waals surface area (Å²) in [7, 11) is 0. The number of rotatable bonds is 0. The summed E-state index contributed by atoms with van der Waals surface area (Å²) >= 11 is 1.83. The third-order valence-electron chi connectivity index (χ3n) is 2.64. The van der Waals surface area contributed by atoms with E-state index in [4.69, 9.17) is 0 Å². The lowest BCUT2D eigenvalue weighted by Crippen LogP contribution is -1.72. The second-order valence-corrected chi connectivity index (χ2v) is 4.53. The Kier molecular flexibility index (Phi) is 1.62. The average molecular weight is 198 g/mol. The number of hydrogen-bond acceptors (Lipinski definition) is 1. The number of aryl methyl sites for hydroxylation is 1. The van der Waals surface area contributed by atoms with Gasteiger partial charge in [-0.2, -0.15) is 0 Å². The van der Waals surface area contributed by atoms with E-state index < -0.39 is 0 Å². The van der Waals surface area contributed by atoms with Crippen LogP contribution in [0.15, 0.2) is 41.8 Å². The van der Waals surface area contributed by atoms with Crippen molar-refractivity contribution in [3.63, 3.8) is 0 Å². The molecule has 0 bridgehead atoms. The number of thiophene rings is 1. The first-order valence-electron chi connectivity index (χ1n) is 4.71.